The minimum Gasteiger partial charge on any atom is -0.328 e. The summed E-state index contributed by atoms with van der Waals surface area (Å²) in [5.74, 6) is 0.654. The maximum atomic E-state index is 13.5. The largest absolute Gasteiger partial charge is 0.328 e. The summed E-state index contributed by atoms with van der Waals surface area (Å²) in [6, 6.07) is 20.0. The Morgan fingerprint density at radius 1 is 1.13 bits per heavy atom. The van der Waals surface area contributed by atoms with Crippen molar-refractivity contribution < 1.29 is 9.72 Å². The SMILES string of the molecule is CC1=C(C(=O)Nc2ccccc2)C(c2ccc(Cl)cc2Cl)n2nc(SCc3ccc([N+](=O)[O-])cc3)nc2N1. The average Bonchev–Trinajstić information content (AvgIpc) is 3.30. The summed E-state index contributed by atoms with van der Waals surface area (Å²) in [6.45, 7) is 1.80. The van der Waals surface area contributed by atoms with Crippen molar-refractivity contribution in [3.63, 3.8) is 0 Å². The first kappa shape index (κ1) is 25.8. The predicted octanol–water partition coefficient (Wildman–Crippen LogP) is 6.71. The van der Waals surface area contributed by atoms with Gasteiger partial charge in [0.2, 0.25) is 11.1 Å². The van der Waals surface area contributed by atoms with E-state index in [-0.39, 0.29) is 11.6 Å². The molecule has 1 unspecified atom stereocenters. The molecule has 0 fully saturated rings. The van der Waals surface area contributed by atoms with Crippen LogP contribution in [0, 0.1) is 10.1 Å². The molecule has 0 saturated carbocycles. The quantitative estimate of drug-likeness (QED) is 0.145. The molecule has 0 radical (unpaired) electrons. The van der Waals surface area contributed by atoms with Gasteiger partial charge in [-0.15, -0.1) is 5.10 Å². The Balaban J connectivity index is 1.48. The third-order valence-corrected chi connectivity index (χ3v) is 7.35. The molecule has 0 spiro atoms. The minimum atomic E-state index is -0.666. The van der Waals surface area contributed by atoms with Gasteiger partial charge in [0.15, 0.2) is 0 Å². The first-order chi connectivity index (χ1) is 18.3. The van der Waals surface area contributed by atoms with Crippen molar-refractivity contribution in [3.8, 4) is 0 Å². The van der Waals surface area contributed by atoms with E-state index in [0.29, 0.717) is 49.4 Å². The van der Waals surface area contributed by atoms with Gasteiger partial charge in [-0.2, -0.15) is 4.98 Å². The molecule has 0 aliphatic carbocycles. The van der Waals surface area contributed by atoms with Crippen molar-refractivity contribution in [2.45, 2.75) is 23.9 Å². The maximum absolute atomic E-state index is 13.5. The molecular weight excluding hydrogens is 547 g/mol. The second kappa shape index (κ2) is 10.9. The highest BCUT2D eigenvalue weighted by molar-refractivity contribution is 7.98. The molecule has 4 aromatic rings. The van der Waals surface area contributed by atoms with Gasteiger partial charge in [0, 0.05) is 44.9 Å². The molecule has 2 N–H and O–H groups in total. The third-order valence-electron chi connectivity index (χ3n) is 5.88. The van der Waals surface area contributed by atoms with Gasteiger partial charge in [-0.05, 0) is 36.8 Å². The molecule has 1 aliphatic heterocycles. The van der Waals surface area contributed by atoms with E-state index >= 15 is 0 Å². The average molecular weight is 567 g/mol. The minimum absolute atomic E-state index is 0.0316. The number of carbonyl (C=O) groups is 1. The number of nitrogens with zero attached hydrogens (tertiary/aromatic N) is 4. The van der Waals surface area contributed by atoms with Crippen LogP contribution in [0.5, 0.6) is 0 Å². The zero-order valence-corrected chi connectivity index (χ0v) is 22.2. The van der Waals surface area contributed by atoms with Crippen molar-refractivity contribution >= 4 is 58.2 Å². The molecular formula is C26H20Cl2N6O3S. The van der Waals surface area contributed by atoms with E-state index < -0.39 is 11.0 Å². The molecule has 5 rings (SSSR count). The molecule has 1 aromatic heterocycles. The summed E-state index contributed by atoms with van der Waals surface area (Å²) in [5.41, 5.74) is 3.26. The second-order valence-corrected chi connectivity index (χ2v) is 10.2. The van der Waals surface area contributed by atoms with Crippen molar-refractivity contribution in [1.29, 1.82) is 0 Å². The zero-order valence-electron chi connectivity index (χ0n) is 19.9. The van der Waals surface area contributed by atoms with Gasteiger partial charge in [0.05, 0.1) is 10.5 Å². The number of halogens is 2. The van der Waals surface area contributed by atoms with E-state index in [2.05, 4.69) is 15.6 Å². The number of benzene rings is 3. The Labute approximate surface area is 232 Å². The van der Waals surface area contributed by atoms with Crippen LogP contribution in [0.1, 0.15) is 24.1 Å². The number of amides is 1. The van der Waals surface area contributed by atoms with Gasteiger partial charge < -0.3 is 10.6 Å². The highest BCUT2D eigenvalue weighted by Gasteiger charge is 2.35. The van der Waals surface area contributed by atoms with Gasteiger partial charge in [-0.25, -0.2) is 4.68 Å². The zero-order chi connectivity index (χ0) is 26.8. The summed E-state index contributed by atoms with van der Waals surface area (Å²) in [4.78, 5) is 28.7. The summed E-state index contributed by atoms with van der Waals surface area (Å²) in [6.07, 6.45) is 0. The van der Waals surface area contributed by atoms with Crippen LogP contribution in [0.4, 0.5) is 17.3 Å². The van der Waals surface area contributed by atoms with Gasteiger partial charge >= 0.3 is 0 Å². The number of anilines is 2. The highest BCUT2D eigenvalue weighted by atomic mass is 35.5. The Morgan fingerprint density at radius 3 is 2.55 bits per heavy atom. The number of non-ortho nitro benzene ring substituents is 1. The lowest BCUT2D eigenvalue weighted by Gasteiger charge is -2.29. The van der Waals surface area contributed by atoms with E-state index in [4.69, 9.17) is 28.3 Å². The smallest absolute Gasteiger partial charge is 0.269 e. The topological polar surface area (TPSA) is 115 Å². The molecule has 38 heavy (non-hydrogen) atoms. The summed E-state index contributed by atoms with van der Waals surface area (Å²) in [5, 5.41) is 23.1. The number of thioether (sulfide) groups is 1. The lowest BCUT2D eigenvalue weighted by atomic mass is 9.95. The molecule has 1 atom stereocenters. The van der Waals surface area contributed by atoms with Crippen LogP contribution in [-0.2, 0) is 10.5 Å². The van der Waals surface area contributed by atoms with E-state index in [1.807, 2.05) is 30.3 Å². The van der Waals surface area contributed by atoms with Crippen LogP contribution in [0.25, 0.3) is 0 Å². The van der Waals surface area contributed by atoms with Gasteiger partial charge in [-0.3, -0.25) is 14.9 Å². The lowest BCUT2D eigenvalue weighted by molar-refractivity contribution is -0.384. The van der Waals surface area contributed by atoms with Gasteiger partial charge in [0.1, 0.15) is 6.04 Å². The van der Waals surface area contributed by atoms with Crippen LogP contribution in [0.2, 0.25) is 10.0 Å². The first-order valence-electron chi connectivity index (χ1n) is 11.4. The number of allylic oxidation sites excluding steroid dienone is 1. The molecule has 1 aliphatic rings. The van der Waals surface area contributed by atoms with Crippen LogP contribution in [0.15, 0.2) is 89.2 Å². The fourth-order valence-corrected chi connectivity index (χ4v) is 5.38. The van der Waals surface area contributed by atoms with Crippen molar-refractivity contribution in [2.75, 3.05) is 10.6 Å². The number of carbonyl (C=O) groups excluding carboxylic acids is 1. The lowest BCUT2D eigenvalue weighted by Crippen LogP contribution is -2.31. The van der Waals surface area contributed by atoms with E-state index in [1.165, 1.54) is 23.9 Å². The molecule has 3 aromatic carbocycles. The normalized spacial score (nSPS) is 14.6. The standard InChI is InChI=1S/C26H20Cl2N6O3S/c1-15-22(24(35)30-18-5-3-2-4-6-18)23(20-12-9-17(27)13-21(20)28)33-25(29-15)31-26(32-33)38-14-16-7-10-19(11-8-16)34(36)37/h2-13,23H,14H2,1H3,(H,30,35)(H,29,31,32). The fourth-order valence-electron chi connectivity index (χ4n) is 4.08. The highest BCUT2D eigenvalue weighted by Crippen LogP contribution is 2.40. The number of hydrogen-bond donors (Lipinski definition) is 2. The van der Waals surface area contributed by atoms with E-state index in [9.17, 15) is 14.9 Å². The van der Waals surface area contributed by atoms with Gasteiger partial charge in [0.25, 0.3) is 11.6 Å². The summed E-state index contributed by atoms with van der Waals surface area (Å²) in [7, 11) is 0. The van der Waals surface area contributed by atoms with Crippen LogP contribution in [-0.4, -0.2) is 25.6 Å². The fraction of sp³-hybridized carbons (Fsp3) is 0.115. The molecule has 0 saturated heterocycles. The molecule has 12 heteroatoms. The summed E-state index contributed by atoms with van der Waals surface area (Å²) < 4.78 is 1.64. The molecule has 192 valence electrons. The predicted molar refractivity (Wildman–Crippen MR) is 149 cm³/mol. The van der Waals surface area contributed by atoms with Gasteiger partial charge in [-0.1, -0.05) is 71.4 Å². The first-order valence-corrected chi connectivity index (χ1v) is 13.2. The number of rotatable bonds is 7. The van der Waals surface area contributed by atoms with Crippen LogP contribution in [0.3, 0.4) is 0 Å². The Hall–Kier alpha value is -3.86. The second-order valence-electron chi connectivity index (χ2n) is 8.43. The third kappa shape index (κ3) is 5.38. The molecule has 2 heterocycles. The number of para-hydroxylation sites is 1. The summed E-state index contributed by atoms with van der Waals surface area (Å²) >= 11 is 14.1. The van der Waals surface area contributed by atoms with E-state index in [0.717, 1.165) is 5.56 Å². The number of nitro benzene ring substituents is 1. The van der Waals surface area contributed by atoms with Crippen LogP contribution < -0.4 is 10.6 Å². The number of nitrogens with one attached hydrogen (secondary N) is 2. The van der Waals surface area contributed by atoms with Crippen LogP contribution >= 0.6 is 35.0 Å². The number of aromatic nitrogens is 3. The van der Waals surface area contributed by atoms with Crippen molar-refractivity contribution in [1.82, 2.24) is 14.8 Å². The number of hydrogen-bond acceptors (Lipinski definition) is 7. The molecule has 1 amide bonds. The number of fused-ring (bicyclic) bond motifs is 1. The maximum Gasteiger partial charge on any atom is 0.269 e. The Kier molecular flexibility index (Phi) is 7.37. The van der Waals surface area contributed by atoms with Crippen molar-refractivity contribution in [2.24, 2.45) is 0 Å². The molecule has 9 nitrogen and oxygen atoms in total. The number of nitro groups is 1. The Bertz CT molecular complexity index is 1560. The monoisotopic (exact) mass is 566 g/mol. The Morgan fingerprint density at radius 2 is 1.87 bits per heavy atom. The van der Waals surface area contributed by atoms with E-state index in [1.54, 1.807) is 41.9 Å². The molecule has 0 bridgehead atoms. The van der Waals surface area contributed by atoms with Crippen molar-refractivity contribution in [3.05, 3.63) is 115 Å².